The van der Waals surface area contributed by atoms with Crippen molar-refractivity contribution >= 4 is 17.5 Å². The first-order valence-corrected chi connectivity index (χ1v) is 6.47. The van der Waals surface area contributed by atoms with Crippen LogP contribution >= 0.6 is 11.6 Å². The quantitative estimate of drug-likeness (QED) is 0.442. The predicted molar refractivity (Wildman–Crippen MR) is 77.9 cm³/mol. The number of nitrogen functional groups attached to an aromatic ring is 1. The van der Waals surface area contributed by atoms with Gasteiger partial charge in [0.25, 0.3) is 5.91 Å². The molecule has 0 saturated carbocycles. The molecule has 0 aliphatic heterocycles. The first-order chi connectivity index (χ1) is 10.2. The Balaban J connectivity index is 2.13. The molecular formula is C14H11ClN4O2. The summed E-state index contributed by atoms with van der Waals surface area (Å²) < 4.78 is 6.78. The molecule has 3 aromatic rings. The number of halogens is 1. The minimum absolute atomic E-state index is 0.297. The molecule has 0 bridgehead atoms. The molecule has 2 aromatic heterocycles. The highest BCUT2D eigenvalue weighted by Crippen LogP contribution is 2.22. The van der Waals surface area contributed by atoms with E-state index in [1.807, 2.05) is 0 Å². The number of nitrogens with one attached hydrogen (secondary N) is 1. The molecule has 7 heteroatoms. The Hall–Kier alpha value is -2.57. The smallest absolute Gasteiger partial charge is 0.283 e. The number of benzene rings is 1. The van der Waals surface area contributed by atoms with Crippen molar-refractivity contribution in [3.05, 3.63) is 59.4 Å². The highest BCUT2D eigenvalue weighted by Gasteiger charge is 2.17. The van der Waals surface area contributed by atoms with E-state index in [1.165, 1.54) is 4.68 Å². The second kappa shape index (κ2) is 5.43. The number of aromatic nitrogens is 2. The molecule has 0 aliphatic rings. The second-order valence-electron chi connectivity index (χ2n) is 4.25. The Kier molecular flexibility index (Phi) is 3.47. The van der Waals surface area contributed by atoms with E-state index in [-0.39, 0.29) is 0 Å². The summed E-state index contributed by atoms with van der Waals surface area (Å²) in [5.74, 6) is 5.33. The minimum Gasteiger partial charge on any atom is -0.463 e. The maximum absolute atomic E-state index is 11.9. The van der Waals surface area contributed by atoms with Crippen molar-refractivity contribution in [2.75, 3.05) is 0 Å². The van der Waals surface area contributed by atoms with Gasteiger partial charge in [0.05, 0.1) is 12.0 Å². The molecule has 0 saturated heterocycles. The largest absolute Gasteiger partial charge is 0.463 e. The normalized spacial score (nSPS) is 10.6. The topological polar surface area (TPSA) is 86.1 Å². The van der Waals surface area contributed by atoms with Gasteiger partial charge in [0, 0.05) is 11.1 Å². The lowest BCUT2D eigenvalue weighted by molar-refractivity contribution is 0.0946. The fraction of sp³-hybridized carbons (Fsp3) is 0. The van der Waals surface area contributed by atoms with Crippen LogP contribution in [0.3, 0.4) is 0 Å². The van der Waals surface area contributed by atoms with Crippen molar-refractivity contribution in [2.45, 2.75) is 0 Å². The fourth-order valence-electron chi connectivity index (χ4n) is 1.94. The summed E-state index contributed by atoms with van der Waals surface area (Å²) in [6.45, 7) is 0. The van der Waals surface area contributed by atoms with Crippen LogP contribution in [-0.2, 0) is 0 Å². The van der Waals surface area contributed by atoms with Gasteiger partial charge in [0.2, 0.25) is 0 Å². The van der Waals surface area contributed by atoms with Gasteiger partial charge in [-0.2, -0.15) is 5.10 Å². The van der Waals surface area contributed by atoms with E-state index in [1.54, 1.807) is 48.7 Å². The maximum atomic E-state index is 11.9. The van der Waals surface area contributed by atoms with E-state index in [2.05, 4.69) is 10.5 Å². The summed E-state index contributed by atoms with van der Waals surface area (Å²) in [7, 11) is 0. The fourth-order valence-corrected chi connectivity index (χ4v) is 2.07. The molecule has 6 nitrogen and oxygen atoms in total. The third kappa shape index (κ3) is 2.54. The number of rotatable bonds is 3. The van der Waals surface area contributed by atoms with Crippen LogP contribution in [0.1, 0.15) is 10.5 Å². The van der Waals surface area contributed by atoms with Crippen molar-refractivity contribution in [3.63, 3.8) is 0 Å². The van der Waals surface area contributed by atoms with E-state index < -0.39 is 5.91 Å². The number of carbonyl (C=O) groups excluding carboxylic acids is 1. The van der Waals surface area contributed by atoms with Crippen molar-refractivity contribution in [1.82, 2.24) is 15.2 Å². The number of furan rings is 1. The van der Waals surface area contributed by atoms with Crippen LogP contribution in [0.4, 0.5) is 0 Å². The highest BCUT2D eigenvalue weighted by molar-refractivity contribution is 6.30. The van der Waals surface area contributed by atoms with Crippen LogP contribution in [0.15, 0.2) is 53.1 Å². The van der Waals surface area contributed by atoms with Gasteiger partial charge in [0.1, 0.15) is 11.4 Å². The number of amides is 1. The predicted octanol–water partition coefficient (Wildman–Crippen LogP) is 2.39. The Bertz CT molecular complexity index is 763. The standard InChI is InChI=1S/C14H11ClN4O2/c15-9-3-5-10(6-4-9)19-12(14(20)17-16)8-11(18-19)13-2-1-7-21-13/h1-8H,16H2,(H,17,20). The summed E-state index contributed by atoms with van der Waals surface area (Å²) in [5, 5.41) is 4.98. The van der Waals surface area contributed by atoms with Crippen molar-refractivity contribution < 1.29 is 9.21 Å². The van der Waals surface area contributed by atoms with Crippen LogP contribution in [0.5, 0.6) is 0 Å². The van der Waals surface area contributed by atoms with Crippen molar-refractivity contribution in [1.29, 1.82) is 0 Å². The van der Waals surface area contributed by atoms with E-state index in [0.717, 1.165) is 0 Å². The van der Waals surface area contributed by atoms with Gasteiger partial charge in [-0.05, 0) is 36.4 Å². The summed E-state index contributed by atoms with van der Waals surface area (Å²) in [6, 6.07) is 12.1. The lowest BCUT2D eigenvalue weighted by Crippen LogP contribution is -2.31. The van der Waals surface area contributed by atoms with Crippen molar-refractivity contribution in [2.24, 2.45) is 5.84 Å². The minimum atomic E-state index is -0.449. The first-order valence-electron chi connectivity index (χ1n) is 6.10. The van der Waals surface area contributed by atoms with Gasteiger partial charge in [-0.1, -0.05) is 11.6 Å². The monoisotopic (exact) mass is 302 g/mol. The summed E-state index contributed by atoms with van der Waals surface area (Å²) in [5.41, 5.74) is 3.63. The third-order valence-electron chi connectivity index (χ3n) is 2.92. The Morgan fingerprint density at radius 3 is 2.67 bits per heavy atom. The number of nitrogens with two attached hydrogens (primary N) is 1. The van der Waals surface area contributed by atoms with E-state index in [0.29, 0.717) is 27.9 Å². The average molecular weight is 303 g/mol. The maximum Gasteiger partial charge on any atom is 0.283 e. The lowest BCUT2D eigenvalue weighted by Gasteiger charge is -2.05. The number of hydrogen-bond acceptors (Lipinski definition) is 4. The van der Waals surface area contributed by atoms with Gasteiger partial charge in [-0.3, -0.25) is 10.2 Å². The van der Waals surface area contributed by atoms with E-state index in [9.17, 15) is 4.79 Å². The third-order valence-corrected chi connectivity index (χ3v) is 3.17. The zero-order valence-corrected chi connectivity index (χ0v) is 11.5. The summed E-state index contributed by atoms with van der Waals surface area (Å²) in [4.78, 5) is 11.9. The molecule has 3 rings (SSSR count). The van der Waals surface area contributed by atoms with Gasteiger partial charge >= 0.3 is 0 Å². The summed E-state index contributed by atoms with van der Waals surface area (Å²) in [6.07, 6.45) is 1.54. The molecule has 1 amide bonds. The van der Waals surface area contributed by atoms with Gasteiger partial charge < -0.3 is 4.42 Å². The molecule has 0 fully saturated rings. The number of hydrazine groups is 1. The van der Waals surface area contributed by atoms with Crippen LogP contribution in [0.2, 0.25) is 5.02 Å². The zero-order valence-electron chi connectivity index (χ0n) is 10.8. The molecule has 3 N–H and O–H groups in total. The molecule has 0 unspecified atom stereocenters. The molecule has 0 radical (unpaired) electrons. The molecule has 0 atom stereocenters. The van der Waals surface area contributed by atoms with Gasteiger partial charge in [-0.15, -0.1) is 0 Å². The Labute approximate surface area is 125 Å². The highest BCUT2D eigenvalue weighted by atomic mass is 35.5. The Morgan fingerprint density at radius 2 is 2.05 bits per heavy atom. The average Bonchev–Trinajstić information content (AvgIpc) is 3.16. The van der Waals surface area contributed by atoms with Gasteiger partial charge in [-0.25, -0.2) is 10.5 Å². The molecule has 106 valence electrons. The van der Waals surface area contributed by atoms with Crippen LogP contribution in [0.25, 0.3) is 17.1 Å². The number of nitrogens with zero attached hydrogens (tertiary/aromatic N) is 2. The SMILES string of the molecule is NNC(=O)c1cc(-c2ccco2)nn1-c1ccc(Cl)cc1. The summed E-state index contributed by atoms with van der Waals surface area (Å²) >= 11 is 5.87. The van der Waals surface area contributed by atoms with E-state index in [4.69, 9.17) is 21.9 Å². The molecule has 0 spiro atoms. The number of carbonyl (C=O) groups is 1. The lowest BCUT2D eigenvalue weighted by atomic mass is 10.3. The van der Waals surface area contributed by atoms with Crippen LogP contribution in [-0.4, -0.2) is 15.7 Å². The Morgan fingerprint density at radius 1 is 1.29 bits per heavy atom. The second-order valence-corrected chi connectivity index (χ2v) is 4.69. The van der Waals surface area contributed by atoms with Crippen molar-refractivity contribution in [3.8, 4) is 17.1 Å². The number of hydrogen-bond donors (Lipinski definition) is 2. The molecule has 1 aromatic carbocycles. The molecular weight excluding hydrogens is 292 g/mol. The molecule has 0 aliphatic carbocycles. The molecule has 2 heterocycles. The van der Waals surface area contributed by atoms with E-state index >= 15 is 0 Å². The zero-order chi connectivity index (χ0) is 14.8. The first kappa shape index (κ1) is 13.4. The van der Waals surface area contributed by atoms with Gasteiger partial charge in [0.15, 0.2) is 5.76 Å². The van der Waals surface area contributed by atoms with Crippen LogP contribution < -0.4 is 11.3 Å². The van der Waals surface area contributed by atoms with Crippen LogP contribution in [0, 0.1) is 0 Å². The molecule has 21 heavy (non-hydrogen) atoms.